The Hall–Kier alpha value is -2.07. The molecule has 0 amide bonds. The van der Waals surface area contributed by atoms with E-state index in [-0.39, 0.29) is 5.97 Å². The Morgan fingerprint density at radius 2 is 1.86 bits per heavy atom. The molecule has 0 saturated heterocycles. The number of esters is 1. The van der Waals surface area contributed by atoms with Crippen molar-refractivity contribution in [2.24, 2.45) is 0 Å². The Kier molecular flexibility index (Phi) is 4.29. The summed E-state index contributed by atoms with van der Waals surface area (Å²) < 4.78 is 4.73. The minimum Gasteiger partial charge on any atom is -0.465 e. The molecule has 0 aliphatic heterocycles. The second-order valence-electron chi connectivity index (χ2n) is 5.13. The second-order valence-corrected chi connectivity index (χ2v) is 5.69. The number of para-hydroxylation sites is 1. The molecule has 2 aromatic carbocycles. The lowest BCUT2D eigenvalue weighted by molar-refractivity contribution is 0.0600. The Bertz CT molecular complexity index is 806. The molecule has 1 N–H and O–H groups in total. The number of aromatic nitrogens is 1. The van der Waals surface area contributed by atoms with Crippen LogP contribution in [0.5, 0.6) is 0 Å². The number of halogens is 1. The van der Waals surface area contributed by atoms with E-state index in [9.17, 15) is 4.79 Å². The fourth-order valence-corrected chi connectivity index (χ4v) is 3.13. The molecule has 1 heterocycles. The number of carbonyl (C=O) groups excluding carboxylic acids is 1. The highest BCUT2D eigenvalue weighted by molar-refractivity contribution is 9.08. The molecule has 3 aromatic rings. The summed E-state index contributed by atoms with van der Waals surface area (Å²) in [5.41, 5.74) is 5.38. The minimum atomic E-state index is -0.306. The van der Waals surface area contributed by atoms with Gasteiger partial charge in [-0.15, -0.1) is 0 Å². The van der Waals surface area contributed by atoms with Crippen LogP contribution in [0.1, 0.15) is 27.2 Å². The fraction of sp³-hybridized carbons (Fsp3) is 0.167. The quantitative estimate of drug-likeness (QED) is 0.553. The van der Waals surface area contributed by atoms with Gasteiger partial charge in [0.05, 0.1) is 12.7 Å². The molecule has 22 heavy (non-hydrogen) atoms. The smallest absolute Gasteiger partial charge is 0.337 e. The number of H-pyrrole nitrogens is 1. The highest BCUT2D eigenvalue weighted by Gasteiger charge is 2.11. The van der Waals surface area contributed by atoms with Crippen molar-refractivity contribution in [3.05, 3.63) is 70.9 Å². The van der Waals surface area contributed by atoms with Crippen LogP contribution < -0.4 is 0 Å². The standard InChI is InChI=1S/C18H16BrNO2/c1-22-18(21)13-8-6-12(7-9-13)10-15-14-4-2-3-5-16(14)20-17(15)11-19/h2-9,20H,10-11H2,1H3. The summed E-state index contributed by atoms with van der Waals surface area (Å²) in [7, 11) is 1.39. The molecule has 0 spiro atoms. The summed E-state index contributed by atoms with van der Waals surface area (Å²) >= 11 is 3.55. The van der Waals surface area contributed by atoms with Crippen LogP contribution in [-0.4, -0.2) is 18.1 Å². The molecule has 0 saturated carbocycles. The van der Waals surface area contributed by atoms with Crippen LogP contribution in [0.2, 0.25) is 0 Å². The lowest BCUT2D eigenvalue weighted by Crippen LogP contribution is -2.01. The molecule has 3 nitrogen and oxygen atoms in total. The summed E-state index contributed by atoms with van der Waals surface area (Å²) in [6.07, 6.45) is 0.826. The van der Waals surface area contributed by atoms with Gasteiger partial charge >= 0.3 is 5.97 Å². The predicted molar refractivity (Wildman–Crippen MR) is 91.5 cm³/mol. The molecule has 0 unspecified atom stereocenters. The van der Waals surface area contributed by atoms with Crippen LogP contribution in [0.25, 0.3) is 10.9 Å². The third-order valence-electron chi connectivity index (χ3n) is 3.79. The number of ether oxygens (including phenoxy) is 1. The summed E-state index contributed by atoms with van der Waals surface area (Å²) in [6.45, 7) is 0. The van der Waals surface area contributed by atoms with Crippen molar-refractivity contribution in [1.29, 1.82) is 0 Å². The summed E-state index contributed by atoms with van der Waals surface area (Å²) in [6, 6.07) is 15.9. The van der Waals surface area contributed by atoms with Crippen molar-refractivity contribution < 1.29 is 9.53 Å². The number of fused-ring (bicyclic) bond motifs is 1. The number of nitrogens with one attached hydrogen (secondary N) is 1. The van der Waals surface area contributed by atoms with Crippen molar-refractivity contribution >= 4 is 32.8 Å². The first kappa shape index (κ1) is 14.9. The van der Waals surface area contributed by atoms with Crippen molar-refractivity contribution in [2.75, 3.05) is 7.11 Å². The highest BCUT2D eigenvalue weighted by Crippen LogP contribution is 2.26. The topological polar surface area (TPSA) is 42.1 Å². The number of methoxy groups -OCH3 is 1. The van der Waals surface area contributed by atoms with Crippen LogP contribution in [0, 0.1) is 0 Å². The number of rotatable bonds is 4. The molecule has 0 aliphatic carbocycles. The van der Waals surface area contributed by atoms with E-state index in [4.69, 9.17) is 4.74 Å². The first-order chi connectivity index (χ1) is 10.7. The Balaban J connectivity index is 1.94. The molecule has 3 rings (SSSR count). The van der Waals surface area contributed by atoms with E-state index in [0.29, 0.717) is 5.56 Å². The van der Waals surface area contributed by atoms with Gasteiger partial charge in [0.1, 0.15) is 0 Å². The first-order valence-corrected chi connectivity index (χ1v) is 8.16. The number of benzene rings is 2. The van der Waals surface area contributed by atoms with Crippen LogP contribution in [-0.2, 0) is 16.5 Å². The zero-order valence-electron chi connectivity index (χ0n) is 12.2. The number of aromatic amines is 1. The van der Waals surface area contributed by atoms with Crippen LogP contribution >= 0.6 is 15.9 Å². The van der Waals surface area contributed by atoms with E-state index < -0.39 is 0 Å². The number of alkyl halides is 1. The molecular weight excluding hydrogens is 342 g/mol. The molecule has 4 heteroatoms. The van der Waals surface area contributed by atoms with Gasteiger partial charge in [-0.25, -0.2) is 4.79 Å². The van der Waals surface area contributed by atoms with Crippen LogP contribution in [0.4, 0.5) is 0 Å². The monoisotopic (exact) mass is 357 g/mol. The largest absolute Gasteiger partial charge is 0.465 e. The van der Waals surface area contributed by atoms with E-state index in [2.05, 4.69) is 39.1 Å². The van der Waals surface area contributed by atoms with Crippen molar-refractivity contribution in [3.63, 3.8) is 0 Å². The predicted octanol–water partition coefficient (Wildman–Crippen LogP) is 4.44. The second kappa shape index (κ2) is 6.36. The summed E-state index contributed by atoms with van der Waals surface area (Å²) in [4.78, 5) is 14.9. The molecule has 0 bridgehead atoms. The van der Waals surface area contributed by atoms with Crippen LogP contribution in [0.3, 0.4) is 0 Å². The fourth-order valence-electron chi connectivity index (χ4n) is 2.65. The van der Waals surface area contributed by atoms with Gasteiger partial charge in [0.25, 0.3) is 0 Å². The maximum absolute atomic E-state index is 11.5. The molecular formula is C18H16BrNO2. The highest BCUT2D eigenvalue weighted by atomic mass is 79.9. The summed E-state index contributed by atoms with van der Waals surface area (Å²) in [5, 5.41) is 2.03. The van der Waals surface area contributed by atoms with Gasteiger partial charge in [0.2, 0.25) is 0 Å². The van der Waals surface area contributed by atoms with Gasteiger partial charge in [-0.2, -0.15) is 0 Å². The van der Waals surface area contributed by atoms with E-state index in [1.54, 1.807) is 0 Å². The lowest BCUT2D eigenvalue weighted by Gasteiger charge is -2.05. The molecule has 0 aliphatic rings. The van der Waals surface area contributed by atoms with Crippen molar-refractivity contribution in [2.45, 2.75) is 11.8 Å². The number of hydrogen-bond acceptors (Lipinski definition) is 2. The lowest BCUT2D eigenvalue weighted by atomic mass is 10.0. The number of hydrogen-bond donors (Lipinski definition) is 1. The van der Waals surface area contributed by atoms with Crippen molar-refractivity contribution in [3.8, 4) is 0 Å². The molecule has 112 valence electrons. The Morgan fingerprint density at radius 1 is 1.14 bits per heavy atom. The third kappa shape index (κ3) is 2.79. The maximum Gasteiger partial charge on any atom is 0.337 e. The molecule has 0 fully saturated rings. The van der Waals surface area contributed by atoms with Gasteiger partial charge in [-0.1, -0.05) is 46.3 Å². The Morgan fingerprint density at radius 3 is 2.55 bits per heavy atom. The van der Waals surface area contributed by atoms with Gasteiger partial charge < -0.3 is 9.72 Å². The van der Waals surface area contributed by atoms with E-state index in [0.717, 1.165) is 17.3 Å². The average molecular weight is 358 g/mol. The van der Waals surface area contributed by atoms with Crippen LogP contribution in [0.15, 0.2) is 48.5 Å². The minimum absolute atomic E-state index is 0.306. The van der Waals surface area contributed by atoms with E-state index >= 15 is 0 Å². The molecule has 1 aromatic heterocycles. The molecule has 0 radical (unpaired) electrons. The van der Waals surface area contributed by atoms with Gasteiger partial charge in [-0.3, -0.25) is 0 Å². The van der Waals surface area contributed by atoms with Gasteiger partial charge in [-0.05, 0) is 35.7 Å². The first-order valence-electron chi connectivity index (χ1n) is 7.04. The zero-order chi connectivity index (χ0) is 15.5. The molecule has 0 atom stereocenters. The normalized spacial score (nSPS) is 10.8. The van der Waals surface area contributed by atoms with Crippen molar-refractivity contribution in [1.82, 2.24) is 4.98 Å². The maximum atomic E-state index is 11.5. The van der Waals surface area contributed by atoms with E-state index in [1.807, 2.05) is 30.3 Å². The third-order valence-corrected chi connectivity index (χ3v) is 4.35. The van der Waals surface area contributed by atoms with E-state index in [1.165, 1.54) is 29.3 Å². The van der Waals surface area contributed by atoms with Gasteiger partial charge in [0.15, 0.2) is 0 Å². The Labute approximate surface area is 137 Å². The SMILES string of the molecule is COC(=O)c1ccc(Cc2c(CBr)[nH]c3ccccc23)cc1. The number of carbonyl (C=O) groups is 1. The summed E-state index contributed by atoms with van der Waals surface area (Å²) in [5.74, 6) is -0.306. The average Bonchev–Trinajstić information content (AvgIpc) is 2.93. The van der Waals surface area contributed by atoms with Gasteiger partial charge in [0, 0.05) is 21.9 Å². The zero-order valence-corrected chi connectivity index (χ0v) is 13.8.